The van der Waals surface area contributed by atoms with E-state index in [1.54, 1.807) is 7.11 Å². The maximum absolute atomic E-state index is 9.48. The van der Waals surface area contributed by atoms with Gasteiger partial charge in [-0.05, 0) is 12.0 Å². The number of nitrogens with one attached hydrogen (secondary N) is 1. The highest BCUT2D eigenvalue weighted by molar-refractivity contribution is 5.19. The van der Waals surface area contributed by atoms with Gasteiger partial charge in [-0.15, -0.1) is 0 Å². The highest BCUT2D eigenvalue weighted by atomic mass is 16.5. The molecular weight excluding hydrogens is 230 g/mol. The van der Waals surface area contributed by atoms with Gasteiger partial charge in [-0.2, -0.15) is 0 Å². The van der Waals surface area contributed by atoms with Gasteiger partial charge in [-0.25, -0.2) is 0 Å². The Kier molecular flexibility index (Phi) is 6.29. The second-order valence-electron chi connectivity index (χ2n) is 4.51. The second-order valence-corrected chi connectivity index (χ2v) is 4.51. The number of aliphatic hydroxyl groups excluding tert-OH is 2. The summed E-state index contributed by atoms with van der Waals surface area (Å²) in [7, 11) is 1.64. The highest BCUT2D eigenvalue weighted by Crippen LogP contribution is 2.19. The van der Waals surface area contributed by atoms with E-state index >= 15 is 0 Å². The zero-order valence-corrected chi connectivity index (χ0v) is 11.1. The molecule has 0 amide bonds. The minimum Gasteiger partial charge on any atom is -0.394 e. The molecule has 0 aromatic heterocycles. The van der Waals surface area contributed by atoms with Crippen molar-refractivity contribution in [1.82, 2.24) is 5.32 Å². The monoisotopic (exact) mass is 253 g/mol. The van der Waals surface area contributed by atoms with Crippen LogP contribution in [0.2, 0.25) is 0 Å². The molecular formula is C14H23NO3. The average Bonchev–Trinajstić information content (AvgIpc) is 2.45. The van der Waals surface area contributed by atoms with Gasteiger partial charge < -0.3 is 14.9 Å². The zero-order chi connectivity index (χ0) is 13.4. The molecule has 18 heavy (non-hydrogen) atoms. The standard InChI is InChI=1S/C14H23NO3/c1-3-14(10-16,11-17)15-13(9-18-2)12-7-5-4-6-8-12/h4-8,13,15-17H,3,9-11H2,1-2H3. The molecule has 1 unspecified atom stereocenters. The van der Waals surface area contributed by atoms with Gasteiger partial charge in [0.05, 0.1) is 31.4 Å². The summed E-state index contributed by atoms with van der Waals surface area (Å²) in [5.41, 5.74) is 0.415. The Morgan fingerprint density at radius 3 is 2.28 bits per heavy atom. The third-order valence-electron chi connectivity index (χ3n) is 3.30. The first kappa shape index (κ1) is 15.1. The van der Waals surface area contributed by atoms with Crippen LogP contribution in [0.4, 0.5) is 0 Å². The van der Waals surface area contributed by atoms with E-state index in [1.807, 2.05) is 37.3 Å². The molecule has 0 aliphatic heterocycles. The molecule has 4 nitrogen and oxygen atoms in total. The lowest BCUT2D eigenvalue weighted by molar-refractivity contribution is 0.0609. The summed E-state index contributed by atoms with van der Waals surface area (Å²) in [5, 5.41) is 22.3. The van der Waals surface area contributed by atoms with Crippen LogP contribution in [-0.2, 0) is 4.74 Å². The molecule has 0 fully saturated rings. The first-order chi connectivity index (χ1) is 8.71. The SMILES string of the molecule is CCC(CO)(CO)NC(COC)c1ccccc1. The molecule has 102 valence electrons. The van der Waals surface area contributed by atoms with E-state index in [1.165, 1.54) is 0 Å². The van der Waals surface area contributed by atoms with Crippen molar-refractivity contribution in [3.8, 4) is 0 Å². The van der Waals surface area contributed by atoms with E-state index in [0.29, 0.717) is 13.0 Å². The van der Waals surface area contributed by atoms with Crippen LogP contribution in [0.15, 0.2) is 30.3 Å². The lowest BCUT2D eigenvalue weighted by Crippen LogP contribution is -2.53. The van der Waals surface area contributed by atoms with E-state index < -0.39 is 5.54 Å². The van der Waals surface area contributed by atoms with Gasteiger partial charge in [0.25, 0.3) is 0 Å². The van der Waals surface area contributed by atoms with Crippen molar-refractivity contribution in [3.63, 3.8) is 0 Å². The van der Waals surface area contributed by atoms with Crippen molar-refractivity contribution in [3.05, 3.63) is 35.9 Å². The first-order valence-electron chi connectivity index (χ1n) is 6.24. The van der Waals surface area contributed by atoms with Crippen molar-refractivity contribution < 1.29 is 14.9 Å². The Balaban J connectivity index is 2.86. The summed E-state index contributed by atoms with van der Waals surface area (Å²) in [6.07, 6.45) is 0.646. The van der Waals surface area contributed by atoms with Gasteiger partial charge in [0, 0.05) is 7.11 Å². The average molecular weight is 253 g/mol. The Morgan fingerprint density at radius 2 is 1.83 bits per heavy atom. The third kappa shape index (κ3) is 3.78. The van der Waals surface area contributed by atoms with Gasteiger partial charge in [0.1, 0.15) is 0 Å². The molecule has 0 aliphatic carbocycles. The van der Waals surface area contributed by atoms with E-state index in [-0.39, 0.29) is 19.3 Å². The summed E-state index contributed by atoms with van der Waals surface area (Å²) in [6.45, 7) is 2.22. The van der Waals surface area contributed by atoms with Gasteiger partial charge in [-0.3, -0.25) is 5.32 Å². The summed E-state index contributed by atoms with van der Waals surface area (Å²) < 4.78 is 5.21. The minimum atomic E-state index is -0.668. The fourth-order valence-electron chi connectivity index (χ4n) is 1.91. The quantitative estimate of drug-likeness (QED) is 0.649. The van der Waals surface area contributed by atoms with Crippen LogP contribution in [0.3, 0.4) is 0 Å². The van der Waals surface area contributed by atoms with Crippen LogP contribution in [0.5, 0.6) is 0 Å². The van der Waals surface area contributed by atoms with Crippen molar-refractivity contribution >= 4 is 0 Å². The van der Waals surface area contributed by atoms with Crippen LogP contribution in [0.25, 0.3) is 0 Å². The summed E-state index contributed by atoms with van der Waals surface area (Å²) in [6, 6.07) is 9.85. The van der Waals surface area contributed by atoms with E-state index in [9.17, 15) is 10.2 Å². The number of ether oxygens (including phenoxy) is 1. The van der Waals surface area contributed by atoms with Crippen LogP contribution in [0.1, 0.15) is 24.9 Å². The van der Waals surface area contributed by atoms with Gasteiger partial charge in [-0.1, -0.05) is 37.3 Å². The first-order valence-corrected chi connectivity index (χ1v) is 6.24. The maximum Gasteiger partial charge on any atom is 0.0657 e. The molecule has 0 radical (unpaired) electrons. The van der Waals surface area contributed by atoms with E-state index in [0.717, 1.165) is 5.56 Å². The Hall–Kier alpha value is -0.940. The second kappa shape index (κ2) is 7.48. The molecule has 4 heteroatoms. The van der Waals surface area contributed by atoms with E-state index in [4.69, 9.17) is 4.74 Å². The van der Waals surface area contributed by atoms with Crippen LogP contribution in [0, 0.1) is 0 Å². The lowest BCUT2D eigenvalue weighted by atomic mass is 9.95. The fourth-order valence-corrected chi connectivity index (χ4v) is 1.91. The number of methoxy groups -OCH3 is 1. The molecule has 0 spiro atoms. The molecule has 0 saturated carbocycles. The van der Waals surface area contributed by atoms with Crippen molar-refractivity contribution in [1.29, 1.82) is 0 Å². The fraction of sp³-hybridized carbons (Fsp3) is 0.571. The Labute approximate surface area is 109 Å². The predicted molar refractivity (Wildman–Crippen MR) is 71.4 cm³/mol. The zero-order valence-electron chi connectivity index (χ0n) is 11.1. The van der Waals surface area contributed by atoms with Crippen LogP contribution in [-0.4, -0.2) is 42.7 Å². The summed E-state index contributed by atoms with van der Waals surface area (Å²) >= 11 is 0. The van der Waals surface area contributed by atoms with Crippen molar-refractivity contribution in [2.45, 2.75) is 24.9 Å². The number of benzene rings is 1. The maximum atomic E-state index is 9.48. The van der Waals surface area contributed by atoms with Crippen molar-refractivity contribution in [2.24, 2.45) is 0 Å². The molecule has 0 saturated heterocycles. The Bertz CT molecular complexity index is 317. The summed E-state index contributed by atoms with van der Waals surface area (Å²) in [5.74, 6) is 0. The molecule has 1 rings (SSSR count). The Morgan fingerprint density at radius 1 is 1.22 bits per heavy atom. The number of rotatable bonds is 8. The summed E-state index contributed by atoms with van der Waals surface area (Å²) in [4.78, 5) is 0. The molecule has 0 heterocycles. The van der Waals surface area contributed by atoms with Gasteiger partial charge >= 0.3 is 0 Å². The smallest absolute Gasteiger partial charge is 0.0657 e. The third-order valence-corrected chi connectivity index (χ3v) is 3.30. The normalized spacial score (nSPS) is 13.6. The molecule has 1 aromatic carbocycles. The molecule has 0 aliphatic rings. The van der Waals surface area contributed by atoms with Crippen LogP contribution >= 0.6 is 0 Å². The topological polar surface area (TPSA) is 61.7 Å². The molecule has 0 bridgehead atoms. The molecule has 3 N–H and O–H groups in total. The van der Waals surface area contributed by atoms with Crippen LogP contribution < -0.4 is 5.32 Å². The predicted octanol–water partition coefficient (Wildman–Crippen LogP) is 1.10. The number of hydrogen-bond donors (Lipinski definition) is 3. The number of hydrogen-bond acceptors (Lipinski definition) is 4. The van der Waals surface area contributed by atoms with Gasteiger partial charge in [0.15, 0.2) is 0 Å². The van der Waals surface area contributed by atoms with E-state index in [2.05, 4.69) is 5.32 Å². The van der Waals surface area contributed by atoms with Crippen molar-refractivity contribution in [2.75, 3.05) is 26.9 Å². The highest BCUT2D eigenvalue weighted by Gasteiger charge is 2.29. The molecule has 1 aromatic rings. The lowest BCUT2D eigenvalue weighted by Gasteiger charge is -2.34. The minimum absolute atomic E-state index is 0.0459. The molecule has 1 atom stereocenters. The number of aliphatic hydroxyl groups is 2. The largest absolute Gasteiger partial charge is 0.394 e. The van der Waals surface area contributed by atoms with Gasteiger partial charge in [0.2, 0.25) is 0 Å².